The zero-order chi connectivity index (χ0) is 16.1. The summed E-state index contributed by atoms with van der Waals surface area (Å²) in [6.45, 7) is 4.03. The van der Waals surface area contributed by atoms with Crippen molar-refractivity contribution >= 4 is 29.1 Å². The van der Waals surface area contributed by atoms with Crippen molar-refractivity contribution in [2.45, 2.75) is 26.5 Å². The van der Waals surface area contributed by atoms with E-state index in [1.54, 1.807) is 25.1 Å². The Morgan fingerprint density at radius 1 is 1.18 bits per heavy atom. The van der Waals surface area contributed by atoms with Gasteiger partial charge in [-0.25, -0.2) is 0 Å². The third kappa shape index (κ3) is 4.65. The summed E-state index contributed by atoms with van der Waals surface area (Å²) in [6, 6.07) is 12.7. The van der Waals surface area contributed by atoms with Gasteiger partial charge in [-0.1, -0.05) is 47.0 Å². The maximum absolute atomic E-state index is 12.1. The van der Waals surface area contributed by atoms with Crippen LogP contribution in [0.2, 0.25) is 10.0 Å². The standard InChI is InChI=1S/C17H17Cl2NO2/c1-11-3-7-15(8-4-11)22-12(2)17(21)20-10-13-5-6-14(18)9-16(13)19/h3-9,12H,10H2,1-2H3,(H,20,21)/t12-/m0/s1. The van der Waals surface area contributed by atoms with Crippen molar-refractivity contribution in [3.8, 4) is 5.75 Å². The van der Waals surface area contributed by atoms with Crippen LogP contribution in [0.15, 0.2) is 42.5 Å². The van der Waals surface area contributed by atoms with Gasteiger partial charge in [0.25, 0.3) is 5.91 Å². The van der Waals surface area contributed by atoms with Crippen LogP contribution in [0.4, 0.5) is 0 Å². The molecular formula is C17H17Cl2NO2. The molecule has 2 aromatic carbocycles. The first-order valence-corrected chi connectivity index (χ1v) is 7.66. The molecule has 0 heterocycles. The Morgan fingerprint density at radius 2 is 1.86 bits per heavy atom. The monoisotopic (exact) mass is 337 g/mol. The molecule has 0 radical (unpaired) electrons. The van der Waals surface area contributed by atoms with E-state index in [9.17, 15) is 4.79 Å². The Labute approximate surface area is 140 Å². The lowest BCUT2D eigenvalue weighted by molar-refractivity contribution is -0.127. The van der Waals surface area contributed by atoms with E-state index in [-0.39, 0.29) is 5.91 Å². The van der Waals surface area contributed by atoms with Gasteiger partial charge in [-0.3, -0.25) is 4.79 Å². The first-order valence-electron chi connectivity index (χ1n) is 6.90. The molecule has 0 aliphatic carbocycles. The molecule has 0 fully saturated rings. The van der Waals surface area contributed by atoms with Gasteiger partial charge in [0.15, 0.2) is 6.10 Å². The fraction of sp³-hybridized carbons (Fsp3) is 0.235. The van der Waals surface area contributed by atoms with Crippen molar-refractivity contribution in [2.75, 3.05) is 0 Å². The average molecular weight is 338 g/mol. The maximum Gasteiger partial charge on any atom is 0.261 e. The SMILES string of the molecule is Cc1ccc(O[C@@H](C)C(=O)NCc2ccc(Cl)cc2Cl)cc1. The summed E-state index contributed by atoms with van der Waals surface area (Å²) >= 11 is 11.9. The highest BCUT2D eigenvalue weighted by Gasteiger charge is 2.14. The Balaban J connectivity index is 1.89. The van der Waals surface area contributed by atoms with Crippen molar-refractivity contribution < 1.29 is 9.53 Å². The summed E-state index contributed by atoms with van der Waals surface area (Å²) in [5.74, 6) is 0.462. The van der Waals surface area contributed by atoms with Crippen molar-refractivity contribution in [1.29, 1.82) is 0 Å². The summed E-state index contributed by atoms with van der Waals surface area (Å²) in [4.78, 5) is 12.1. The molecule has 1 N–H and O–H groups in total. The highest BCUT2D eigenvalue weighted by molar-refractivity contribution is 6.35. The minimum Gasteiger partial charge on any atom is -0.481 e. The van der Waals surface area contributed by atoms with E-state index >= 15 is 0 Å². The molecule has 2 rings (SSSR count). The number of benzene rings is 2. The molecule has 0 saturated carbocycles. The molecule has 0 aliphatic rings. The summed E-state index contributed by atoms with van der Waals surface area (Å²) < 4.78 is 5.60. The van der Waals surface area contributed by atoms with E-state index in [0.717, 1.165) is 11.1 Å². The predicted octanol–water partition coefficient (Wildman–Crippen LogP) is 4.39. The molecule has 0 spiro atoms. The number of rotatable bonds is 5. The number of carbonyl (C=O) groups excluding carboxylic acids is 1. The van der Waals surface area contributed by atoms with Gasteiger partial charge in [-0.2, -0.15) is 0 Å². The number of hydrogen-bond acceptors (Lipinski definition) is 2. The molecule has 0 bridgehead atoms. The van der Waals surface area contributed by atoms with Gasteiger partial charge in [0.1, 0.15) is 5.75 Å². The number of aryl methyl sites for hydroxylation is 1. The second-order valence-electron chi connectivity index (χ2n) is 5.03. The van der Waals surface area contributed by atoms with E-state index in [0.29, 0.717) is 22.3 Å². The summed E-state index contributed by atoms with van der Waals surface area (Å²) in [7, 11) is 0. The van der Waals surface area contributed by atoms with Gasteiger partial charge in [-0.15, -0.1) is 0 Å². The average Bonchev–Trinajstić information content (AvgIpc) is 2.48. The van der Waals surface area contributed by atoms with Crippen LogP contribution in [0.5, 0.6) is 5.75 Å². The lowest BCUT2D eigenvalue weighted by atomic mass is 10.2. The minimum atomic E-state index is -0.589. The zero-order valence-corrected chi connectivity index (χ0v) is 13.9. The largest absolute Gasteiger partial charge is 0.481 e. The number of nitrogens with one attached hydrogen (secondary N) is 1. The van der Waals surface area contributed by atoms with Crippen molar-refractivity contribution in [3.05, 3.63) is 63.6 Å². The Bertz CT molecular complexity index is 656. The molecule has 2 aromatic rings. The van der Waals surface area contributed by atoms with E-state index in [2.05, 4.69) is 5.32 Å². The smallest absolute Gasteiger partial charge is 0.261 e. The topological polar surface area (TPSA) is 38.3 Å². The third-order valence-electron chi connectivity index (χ3n) is 3.17. The number of halogens is 2. The quantitative estimate of drug-likeness (QED) is 0.878. The molecule has 0 saturated heterocycles. The van der Waals surface area contributed by atoms with Crippen LogP contribution in [0.25, 0.3) is 0 Å². The van der Waals surface area contributed by atoms with E-state index in [1.165, 1.54) is 0 Å². The normalized spacial score (nSPS) is 11.8. The van der Waals surface area contributed by atoms with Crippen LogP contribution in [-0.4, -0.2) is 12.0 Å². The number of amides is 1. The van der Waals surface area contributed by atoms with Crippen LogP contribution in [-0.2, 0) is 11.3 Å². The van der Waals surface area contributed by atoms with Crippen LogP contribution >= 0.6 is 23.2 Å². The van der Waals surface area contributed by atoms with Gasteiger partial charge in [-0.05, 0) is 43.7 Å². The fourth-order valence-electron chi connectivity index (χ4n) is 1.87. The lowest BCUT2D eigenvalue weighted by Crippen LogP contribution is -2.35. The molecule has 1 atom stereocenters. The zero-order valence-electron chi connectivity index (χ0n) is 12.4. The second-order valence-corrected chi connectivity index (χ2v) is 5.87. The van der Waals surface area contributed by atoms with Crippen molar-refractivity contribution in [3.63, 3.8) is 0 Å². The number of hydrogen-bond donors (Lipinski definition) is 1. The highest BCUT2D eigenvalue weighted by atomic mass is 35.5. The molecule has 0 unspecified atom stereocenters. The first-order chi connectivity index (χ1) is 10.5. The molecule has 116 valence electrons. The number of ether oxygens (including phenoxy) is 1. The number of carbonyl (C=O) groups is 1. The molecule has 0 aliphatic heterocycles. The minimum absolute atomic E-state index is 0.202. The maximum atomic E-state index is 12.1. The molecule has 22 heavy (non-hydrogen) atoms. The van der Waals surface area contributed by atoms with Gasteiger partial charge >= 0.3 is 0 Å². The van der Waals surface area contributed by atoms with Crippen molar-refractivity contribution in [1.82, 2.24) is 5.32 Å². The van der Waals surface area contributed by atoms with Crippen LogP contribution in [0.1, 0.15) is 18.1 Å². The van der Waals surface area contributed by atoms with Gasteiger partial charge in [0, 0.05) is 16.6 Å². The van der Waals surface area contributed by atoms with E-state index in [4.69, 9.17) is 27.9 Å². The third-order valence-corrected chi connectivity index (χ3v) is 3.76. The molecule has 0 aromatic heterocycles. The van der Waals surface area contributed by atoms with E-state index in [1.807, 2.05) is 31.2 Å². The molecule has 3 nitrogen and oxygen atoms in total. The van der Waals surface area contributed by atoms with E-state index < -0.39 is 6.10 Å². The van der Waals surface area contributed by atoms with Crippen LogP contribution < -0.4 is 10.1 Å². The summed E-state index contributed by atoms with van der Waals surface area (Å²) in [5, 5.41) is 3.89. The predicted molar refractivity (Wildman–Crippen MR) is 89.6 cm³/mol. The summed E-state index contributed by atoms with van der Waals surface area (Å²) in [6.07, 6.45) is -0.589. The van der Waals surface area contributed by atoms with Gasteiger partial charge in [0.05, 0.1) is 0 Å². The first kappa shape index (κ1) is 16.7. The second kappa shape index (κ2) is 7.52. The highest BCUT2D eigenvalue weighted by Crippen LogP contribution is 2.20. The van der Waals surface area contributed by atoms with Crippen LogP contribution in [0.3, 0.4) is 0 Å². The van der Waals surface area contributed by atoms with Crippen molar-refractivity contribution in [2.24, 2.45) is 0 Å². The Kier molecular flexibility index (Phi) is 5.69. The van der Waals surface area contributed by atoms with Gasteiger partial charge in [0.2, 0.25) is 0 Å². The summed E-state index contributed by atoms with van der Waals surface area (Å²) in [5.41, 5.74) is 1.95. The Morgan fingerprint density at radius 3 is 2.50 bits per heavy atom. The molecular weight excluding hydrogens is 321 g/mol. The molecule has 5 heteroatoms. The lowest BCUT2D eigenvalue weighted by Gasteiger charge is -2.15. The van der Waals surface area contributed by atoms with Gasteiger partial charge < -0.3 is 10.1 Å². The molecule has 1 amide bonds. The van der Waals surface area contributed by atoms with Crippen LogP contribution in [0, 0.1) is 6.92 Å². The Hall–Kier alpha value is -1.71. The fourth-order valence-corrected chi connectivity index (χ4v) is 2.34.